The Bertz CT molecular complexity index is 563. The molecular formula is C22H36O4S. The SMILES string of the molecule is CC(=O)O[C@@H]1CC/C(=C\CS)CO[C@@]1(C)CCCC(C)C(=O)CC=C(C)C. The normalized spacial score (nSPS) is 25.6. The van der Waals surface area contributed by atoms with Gasteiger partial charge in [0.2, 0.25) is 0 Å². The number of hydrogen-bond acceptors (Lipinski definition) is 5. The predicted octanol–water partition coefficient (Wildman–Crippen LogP) is 5.08. The molecular weight excluding hydrogens is 360 g/mol. The van der Waals surface area contributed by atoms with Crippen molar-refractivity contribution in [3.05, 3.63) is 23.3 Å². The summed E-state index contributed by atoms with van der Waals surface area (Å²) in [6.07, 6.45) is 8.35. The quantitative estimate of drug-likeness (QED) is 0.336. The Morgan fingerprint density at radius 2 is 2.07 bits per heavy atom. The number of thiol groups is 1. The highest BCUT2D eigenvalue weighted by Crippen LogP contribution is 2.34. The third kappa shape index (κ3) is 8.65. The van der Waals surface area contributed by atoms with Gasteiger partial charge in [0, 0.05) is 25.0 Å². The van der Waals surface area contributed by atoms with E-state index in [0.29, 0.717) is 18.8 Å². The highest BCUT2D eigenvalue weighted by molar-refractivity contribution is 7.80. The molecule has 1 fully saturated rings. The molecule has 1 aliphatic rings. The van der Waals surface area contributed by atoms with Gasteiger partial charge in [0.05, 0.1) is 6.61 Å². The number of esters is 1. The second kappa shape index (κ2) is 11.7. The maximum Gasteiger partial charge on any atom is 0.303 e. The van der Waals surface area contributed by atoms with Crippen LogP contribution in [0.3, 0.4) is 0 Å². The molecule has 3 atom stereocenters. The van der Waals surface area contributed by atoms with Crippen LogP contribution in [-0.2, 0) is 19.1 Å². The first-order valence-electron chi connectivity index (χ1n) is 9.94. The lowest BCUT2D eigenvalue weighted by atomic mass is 9.87. The van der Waals surface area contributed by atoms with Gasteiger partial charge in [-0.25, -0.2) is 0 Å². The van der Waals surface area contributed by atoms with E-state index in [1.54, 1.807) is 0 Å². The predicted molar refractivity (Wildman–Crippen MR) is 113 cm³/mol. The molecule has 4 nitrogen and oxygen atoms in total. The fourth-order valence-corrected chi connectivity index (χ4v) is 3.64. The lowest BCUT2D eigenvalue weighted by molar-refractivity contribution is -0.167. The molecule has 154 valence electrons. The van der Waals surface area contributed by atoms with Crippen LogP contribution >= 0.6 is 12.6 Å². The molecule has 0 N–H and O–H groups in total. The van der Waals surface area contributed by atoms with E-state index in [0.717, 1.165) is 32.1 Å². The highest BCUT2D eigenvalue weighted by atomic mass is 32.1. The van der Waals surface area contributed by atoms with Gasteiger partial charge in [-0.2, -0.15) is 12.6 Å². The standard InChI is InChI=1S/C22H36O4S/c1-16(2)8-10-20(24)17(3)7-6-13-22(5)21(26-18(4)23)11-9-19(12-14-27)15-25-22/h8,12,17,21,27H,6-7,9-11,13-15H2,1-5H3/b19-12+/t17?,21-,22+/m1/s1. The van der Waals surface area contributed by atoms with Crippen molar-refractivity contribution in [2.24, 2.45) is 5.92 Å². The number of carbonyl (C=O) groups excluding carboxylic acids is 2. The minimum atomic E-state index is -0.527. The molecule has 0 radical (unpaired) electrons. The van der Waals surface area contributed by atoms with Gasteiger partial charge in [-0.3, -0.25) is 9.59 Å². The van der Waals surface area contributed by atoms with Gasteiger partial charge in [0.15, 0.2) is 0 Å². The lowest BCUT2D eigenvalue weighted by Gasteiger charge is -2.35. The fourth-order valence-electron chi connectivity index (χ4n) is 3.38. The van der Waals surface area contributed by atoms with E-state index in [-0.39, 0.29) is 23.8 Å². The van der Waals surface area contributed by atoms with E-state index in [4.69, 9.17) is 9.47 Å². The summed E-state index contributed by atoms with van der Waals surface area (Å²) in [7, 11) is 0. The number of Topliss-reactive ketones (excluding diaryl/α,β-unsaturated/α-hetero) is 1. The highest BCUT2D eigenvalue weighted by Gasteiger charge is 2.39. The van der Waals surface area contributed by atoms with Crippen molar-refractivity contribution < 1.29 is 19.1 Å². The summed E-state index contributed by atoms with van der Waals surface area (Å²) in [6, 6.07) is 0. The van der Waals surface area contributed by atoms with Crippen molar-refractivity contribution in [3.63, 3.8) is 0 Å². The van der Waals surface area contributed by atoms with Crippen LogP contribution in [0.4, 0.5) is 0 Å². The first kappa shape index (κ1) is 24.0. The van der Waals surface area contributed by atoms with Crippen molar-refractivity contribution in [3.8, 4) is 0 Å². The summed E-state index contributed by atoms with van der Waals surface area (Å²) in [5.74, 6) is 0.709. The zero-order valence-electron chi connectivity index (χ0n) is 17.5. The van der Waals surface area contributed by atoms with Crippen LogP contribution in [0.1, 0.15) is 73.1 Å². The molecule has 0 aromatic carbocycles. The maximum absolute atomic E-state index is 12.2. The topological polar surface area (TPSA) is 52.6 Å². The minimum absolute atomic E-state index is 0.0294. The van der Waals surface area contributed by atoms with Crippen LogP contribution < -0.4 is 0 Å². The zero-order valence-corrected chi connectivity index (χ0v) is 18.4. The van der Waals surface area contributed by atoms with Crippen molar-refractivity contribution in [1.29, 1.82) is 0 Å². The molecule has 1 aliphatic heterocycles. The first-order valence-corrected chi connectivity index (χ1v) is 10.6. The number of hydrogen-bond donors (Lipinski definition) is 1. The van der Waals surface area contributed by atoms with Gasteiger partial charge in [-0.05, 0) is 58.4 Å². The van der Waals surface area contributed by atoms with Gasteiger partial charge in [0.1, 0.15) is 17.5 Å². The summed E-state index contributed by atoms with van der Waals surface area (Å²) in [6.45, 7) is 10.0. The van der Waals surface area contributed by atoms with Crippen LogP contribution in [-0.4, -0.2) is 35.8 Å². The average Bonchev–Trinajstić information content (AvgIpc) is 2.73. The van der Waals surface area contributed by atoms with Crippen molar-refractivity contribution in [2.45, 2.75) is 84.8 Å². The second-order valence-electron chi connectivity index (χ2n) is 8.03. The van der Waals surface area contributed by atoms with Crippen LogP contribution in [0.25, 0.3) is 0 Å². The van der Waals surface area contributed by atoms with E-state index in [2.05, 4.69) is 18.7 Å². The molecule has 0 amide bonds. The van der Waals surface area contributed by atoms with Gasteiger partial charge < -0.3 is 9.47 Å². The molecule has 5 heteroatoms. The first-order chi connectivity index (χ1) is 12.7. The molecule has 27 heavy (non-hydrogen) atoms. The summed E-state index contributed by atoms with van der Waals surface area (Å²) in [5.41, 5.74) is 1.85. The molecule has 0 saturated carbocycles. The molecule has 1 unspecified atom stereocenters. The molecule has 1 saturated heterocycles. The van der Waals surface area contributed by atoms with Gasteiger partial charge in [0.25, 0.3) is 0 Å². The molecule has 0 spiro atoms. The Morgan fingerprint density at radius 1 is 1.37 bits per heavy atom. The third-order valence-electron chi connectivity index (χ3n) is 5.26. The Labute approximate surface area is 170 Å². The average molecular weight is 397 g/mol. The molecule has 0 aromatic heterocycles. The van der Waals surface area contributed by atoms with Crippen LogP contribution in [0, 0.1) is 5.92 Å². The lowest BCUT2D eigenvalue weighted by Crippen LogP contribution is -2.43. The molecule has 0 aliphatic carbocycles. The maximum atomic E-state index is 12.2. The number of carbonyl (C=O) groups is 2. The summed E-state index contributed by atoms with van der Waals surface area (Å²) in [4.78, 5) is 23.8. The number of allylic oxidation sites excluding steroid dienone is 2. The van der Waals surface area contributed by atoms with E-state index < -0.39 is 5.60 Å². The number of rotatable bonds is 9. The van der Waals surface area contributed by atoms with Crippen LogP contribution in [0.5, 0.6) is 0 Å². The van der Waals surface area contributed by atoms with Gasteiger partial charge >= 0.3 is 5.97 Å². The Hall–Kier alpha value is -1.07. The molecule has 0 bridgehead atoms. The van der Waals surface area contributed by atoms with E-state index in [9.17, 15) is 9.59 Å². The molecule has 1 heterocycles. The fraction of sp³-hybridized carbons (Fsp3) is 0.727. The molecule has 0 aromatic rings. The van der Waals surface area contributed by atoms with Crippen molar-refractivity contribution in [1.82, 2.24) is 0 Å². The summed E-state index contributed by atoms with van der Waals surface area (Å²) in [5, 5.41) is 0. The smallest absolute Gasteiger partial charge is 0.303 e. The largest absolute Gasteiger partial charge is 0.459 e. The minimum Gasteiger partial charge on any atom is -0.459 e. The zero-order chi connectivity index (χ0) is 20.4. The Kier molecular flexibility index (Phi) is 10.4. The number of ether oxygens (including phenoxy) is 2. The van der Waals surface area contributed by atoms with E-state index in [1.807, 2.05) is 33.8 Å². The second-order valence-corrected chi connectivity index (χ2v) is 8.39. The van der Waals surface area contributed by atoms with Gasteiger partial charge in [-0.15, -0.1) is 0 Å². The van der Waals surface area contributed by atoms with E-state index >= 15 is 0 Å². The Morgan fingerprint density at radius 3 is 2.67 bits per heavy atom. The summed E-state index contributed by atoms with van der Waals surface area (Å²) >= 11 is 4.26. The monoisotopic (exact) mass is 396 g/mol. The number of ketones is 1. The summed E-state index contributed by atoms with van der Waals surface area (Å²) < 4.78 is 11.8. The van der Waals surface area contributed by atoms with Crippen molar-refractivity contribution >= 4 is 24.4 Å². The van der Waals surface area contributed by atoms with Crippen LogP contribution in [0.2, 0.25) is 0 Å². The van der Waals surface area contributed by atoms with Gasteiger partial charge in [-0.1, -0.05) is 24.6 Å². The van der Waals surface area contributed by atoms with Crippen LogP contribution in [0.15, 0.2) is 23.3 Å². The molecule has 1 rings (SSSR count). The Balaban J connectivity index is 2.68. The van der Waals surface area contributed by atoms with Crippen molar-refractivity contribution in [2.75, 3.05) is 12.4 Å². The third-order valence-corrected chi connectivity index (χ3v) is 5.44. The van der Waals surface area contributed by atoms with E-state index in [1.165, 1.54) is 18.1 Å².